The highest BCUT2D eigenvalue weighted by molar-refractivity contribution is 5.99. The predicted octanol–water partition coefficient (Wildman–Crippen LogP) is 4.83. The van der Waals surface area contributed by atoms with E-state index in [0.29, 0.717) is 11.7 Å². The molecule has 1 heteroatoms. The molecular weight excluding hydrogens is 232 g/mol. The van der Waals surface area contributed by atoms with Crippen LogP contribution in [0, 0.1) is 0 Å². The molecule has 0 saturated carbocycles. The lowest BCUT2D eigenvalue weighted by Crippen LogP contribution is -1.93. The van der Waals surface area contributed by atoms with Crippen LogP contribution in [0.5, 0.6) is 5.75 Å². The van der Waals surface area contributed by atoms with Crippen molar-refractivity contribution >= 4 is 11.1 Å². The second-order valence-electron chi connectivity index (χ2n) is 5.11. The Morgan fingerprint density at radius 1 is 1.05 bits per heavy atom. The Bertz CT molecular complexity index is 638. The third-order valence-corrected chi connectivity index (χ3v) is 4.02. The smallest absolute Gasteiger partial charge is 0.115 e. The van der Waals surface area contributed by atoms with Crippen molar-refractivity contribution in [1.82, 2.24) is 0 Å². The average molecular weight is 250 g/mol. The number of phenols is 1. The van der Waals surface area contributed by atoms with Crippen molar-refractivity contribution in [3.8, 4) is 5.75 Å². The summed E-state index contributed by atoms with van der Waals surface area (Å²) in [7, 11) is 0. The summed E-state index contributed by atoms with van der Waals surface area (Å²) >= 11 is 0. The topological polar surface area (TPSA) is 20.2 Å². The number of fused-ring (bicyclic) bond motifs is 1. The second kappa shape index (κ2) is 4.58. The lowest BCUT2D eigenvalue weighted by molar-refractivity contribution is 0.474. The highest BCUT2D eigenvalue weighted by Gasteiger charge is 2.28. The van der Waals surface area contributed by atoms with Crippen LogP contribution in [-0.4, -0.2) is 5.11 Å². The minimum Gasteiger partial charge on any atom is -0.508 e. The van der Waals surface area contributed by atoms with Gasteiger partial charge >= 0.3 is 0 Å². The van der Waals surface area contributed by atoms with Gasteiger partial charge in [-0.15, -0.1) is 0 Å². The maximum atomic E-state index is 9.71. The number of hydrogen-bond donors (Lipinski definition) is 1. The molecule has 0 aromatic heterocycles. The van der Waals surface area contributed by atoms with E-state index in [4.69, 9.17) is 0 Å². The first-order valence-electron chi connectivity index (χ1n) is 6.84. The van der Waals surface area contributed by atoms with Crippen LogP contribution in [0.25, 0.3) is 11.1 Å². The molecule has 19 heavy (non-hydrogen) atoms. The van der Waals surface area contributed by atoms with Crippen LogP contribution in [0.15, 0.2) is 48.5 Å². The first-order valence-corrected chi connectivity index (χ1v) is 6.84. The molecule has 3 rings (SSSR count). The average Bonchev–Trinajstić information content (AvgIpc) is 2.72. The minimum absolute atomic E-state index is 0.347. The van der Waals surface area contributed by atoms with Gasteiger partial charge in [0.15, 0.2) is 0 Å². The summed E-state index contributed by atoms with van der Waals surface area (Å²) in [5.74, 6) is 0.704. The first kappa shape index (κ1) is 12.0. The van der Waals surface area contributed by atoms with Crippen molar-refractivity contribution in [2.75, 3.05) is 0 Å². The molecule has 1 aliphatic carbocycles. The summed E-state index contributed by atoms with van der Waals surface area (Å²) in [6, 6.07) is 16.3. The zero-order valence-electron chi connectivity index (χ0n) is 11.4. The molecule has 0 spiro atoms. The van der Waals surface area contributed by atoms with Crippen LogP contribution in [0.1, 0.15) is 42.9 Å². The van der Waals surface area contributed by atoms with E-state index in [1.807, 2.05) is 12.1 Å². The van der Waals surface area contributed by atoms with Gasteiger partial charge in [-0.1, -0.05) is 50.2 Å². The molecule has 0 heterocycles. The second-order valence-corrected chi connectivity index (χ2v) is 5.11. The normalized spacial score (nSPS) is 17.7. The van der Waals surface area contributed by atoms with Gasteiger partial charge in [-0.2, -0.15) is 0 Å². The highest BCUT2D eigenvalue weighted by Crippen LogP contribution is 2.48. The van der Waals surface area contributed by atoms with Gasteiger partial charge in [-0.05, 0) is 46.4 Å². The van der Waals surface area contributed by atoms with Crippen LogP contribution in [-0.2, 0) is 0 Å². The molecule has 0 unspecified atom stereocenters. The van der Waals surface area contributed by atoms with Crippen LogP contribution in [0.3, 0.4) is 0 Å². The molecule has 0 aliphatic heterocycles. The van der Waals surface area contributed by atoms with Gasteiger partial charge in [0.05, 0.1) is 0 Å². The van der Waals surface area contributed by atoms with E-state index >= 15 is 0 Å². The third kappa shape index (κ3) is 1.86. The standard InChI is InChI=1S/C18H18O/c1-3-15-16-10-9-14(19)11-17(16)12(2)18(15)13-7-5-4-6-8-13/h4-12,19H,3H2,1-2H3/t12-/m1/s1. The van der Waals surface area contributed by atoms with Gasteiger partial charge in [-0.25, -0.2) is 0 Å². The molecule has 0 fully saturated rings. The monoisotopic (exact) mass is 250 g/mol. The molecule has 1 N–H and O–H groups in total. The highest BCUT2D eigenvalue weighted by atomic mass is 16.3. The van der Waals surface area contributed by atoms with E-state index in [-0.39, 0.29) is 0 Å². The van der Waals surface area contributed by atoms with Crippen molar-refractivity contribution in [3.63, 3.8) is 0 Å². The Morgan fingerprint density at radius 2 is 1.79 bits per heavy atom. The van der Waals surface area contributed by atoms with Crippen molar-refractivity contribution in [3.05, 3.63) is 65.2 Å². The lowest BCUT2D eigenvalue weighted by atomic mass is 9.92. The van der Waals surface area contributed by atoms with E-state index in [9.17, 15) is 5.11 Å². The van der Waals surface area contributed by atoms with Gasteiger partial charge in [0, 0.05) is 5.92 Å². The maximum Gasteiger partial charge on any atom is 0.115 e. The minimum atomic E-state index is 0.347. The summed E-state index contributed by atoms with van der Waals surface area (Å²) in [6.45, 7) is 4.43. The van der Waals surface area contributed by atoms with Gasteiger partial charge in [0.25, 0.3) is 0 Å². The van der Waals surface area contributed by atoms with E-state index < -0.39 is 0 Å². The zero-order valence-corrected chi connectivity index (χ0v) is 11.4. The summed E-state index contributed by atoms with van der Waals surface area (Å²) in [5.41, 5.74) is 6.65. The van der Waals surface area contributed by atoms with Gasteiger partial charge in [-0.3, -0.25) is 0 Å². The van der Waals surface area contributed by atoms with Gasteiger partial charge < -0.3 is 5.11 Å². The molecule has 96 valence electrons. The predicted molar refractivity (Wildman–Crippen MR) is 80.1 cm³/mol. The Labute approximate surface area is 114 Å². The fraction of sp³-hybridized carbons (Fsp3) is 0.222. The summed E-state index contributed by atoms with van der Waals surface area (Å²) < 4.78 is 0. The number of benzene rings is 2. The van der Waals surface area contributed by atoms with Crippen LogP contribution in [0.2, 0.25) is 0 Å². The summed E-state index contributed by atoms with van der Waals surface area (Å²) in [6.07, 6.45) is 1.02. The van der Waals surface area contributed by atoms with E-state index in [0.717, 1.165) is 6.42 Å². The summed E-state index contributed by atoms with van der Waals surface area (Å²) in [4.78, 5) is 0. The fourth-order valence-electron chi connectivity index (χ4n) is 3.17. The fourth-order valence-corrected chi connectivity index (χ4v) is 3.17. The number of rotatable bonds is 2. The number of phenolic OH excluding ortho intramolecular Hbond substituents is 1. The molecule has 0 saturated heterocycles. The molecule has 1 aliphatic rings. The zero-order chi connectivity index (χ0) is 13.4. The lowest BCUT2D eigenvalue weighted by Gasteiger charge is -2.12. The number of aromatic hydroxyl groups is 1. The summed E-state index contributed by atoms with van der Waals surface area (Å²) in [5, 5.41) is 9.71. The van der Waals surface area contributed by atoms with Gasteiger partial charge in [0.2, 0.25) is 0 Å². The quantitative estimate of drug-likeness (QED) is 0.809. The van der Waals surface area contributed by atoms with Crippen LogP contribution >= 0.6 is 0 Å². The molecule has 2 aromatic carbocycles. The largest absolute Gasteiger partial charge is 0.508 e. The Hall–Kier alpha value is -2.02. The third-order valence-electron chi connectivity index (χ3n) is 4.02. The van der Waals surface area contributed by atoms with E-state index in [1.165, 1.54) is 27.8 Å². The molecular formula is C18H18O. The molecule has 0 bridgehead atoms. The number of allylic oxidation sites excluding steroid dienone is 2. The van der Waals surface area contributed by atoms with Crippen molar-refractivity contribution in [2.45, 2.75) is 26.2 Å². The molecule has 1 nitrogen and oxygen atoms in total. The molecule has 1 atom stereocenters. The van der Waals surface area contributed by atoms with E-state index in [1.54, 1.807) is 6.07 Å². The van der Waals surface area contributed by atoms with Crippen molar-refractivity contribution < 1.29 is 5.11 Å². The number of hydrogen-bond acceptors (Lipinski definition) is 1. The van der Waals surface area contributed by atoms with Gasteiger partial charge in [0.1, 0.15) is 5.75 Å². The van der Waals surface area contributed by atoms with Crippen molar-refractivity contribution in [1.29, 1.82) is 0 Å². The maximum absolute atomic E-state index is 9.71. The van der Waals surface area contributed by atoms with E-state index in [2.05, 4.69) is 44.2 Å². The molecule has 0 radical (unpaired) electrons. The molecule has 0 amide bonds. The SMILES string of the molecule is CCC1=C(c2ccccc2)[C@H](C)c2cc(O)ccc21. The van der Waals surface area contributed by atoms with Crippen molar-refractivity contribution in [2.24, 2.45) is 0 Å². The Balaban J connectivity index is 2.20. The van der Waals surface area contributed by atoms with Crippen LogP contribution in [0.4, 0.5) is 0 Å². The van der Waals surface area contributed by atoms with Crippen LogP contribution < -0.4 is 0 Å². The molecule has 2 aromatic rings. The first-order chi connectivity index (χ1) is 9.22. The Kier molecular flexibility index (Phi) is 2.90. The Morgan fingerprint density at radius 3 is 2.47 bits per heavy atom.